The number of hydrogen-bond donors (Lipinski definition) is 1. The average molecular weight is 166 g/mol. The lowest BCUT2D eigenvalue weighted by molar-refractivity contribution is 0.290. The van der Waals surface area contributed by atoms with Crippen LogP contribution in [0.25, 0.3) is 0 Å². The summed E-state index contributed by atoms with van der Waals surface area (Å²) in [7, 11) is 0. The van der Waals surface area contributed by atoms with Crippen LogP contribution in [0, 0.1) is 0 Å². The van der Waals surface area contributed by atoms with Gasteiger partial charge in [-0.2, -0.15) is 0 Å². The van der Waals surface area contributed by atoms with E-state index in [0.29, 0.717) is 17.4 Å². The normalized spacial score (nSPS) is 13.7. The van der Waals surface area contributed by atoms with Gasteiger partial charge in [-0.05, 0) is 24.8 Å². The molecule has 0 atom stereocenters. The summed E-state index contributed by atoms with van der Waals surface area (Å²) in [6, 6.07) is 5.43. The summed E-state index contributed by atoms with van der Waals surface area (Å²) in [6.07, 6.45) is 0. The van der Waals surface area contributed by atoms with Crippen LogP contribution in [-0.4, -0.2) is 0 Å². The summed E-state index contributed by atoms with van der Waals surface area (Å²) in [5.74, 6) is 1.70. The maximum absolute atomic E-state index is 5.12. The number of fused-ring (bicyclic) bond motifs is 1. The minimum atomic E-state index is 0.318. The Morgan fingerprint density at radius 3 is 2.73 bits per heavy atom. The number of thiol groups is 1. The number of benzene rings is 1. The minimum absolute atomic E-state index is 0.318. The van der Waals surface area contributed by atoms with Crippen LogP contribution in [0.15, 0.2) is 35.6 Å². The topological polar surface area (TPSA) is 18.5 Å². The van der Waals surface area contributed by atoms with Crippen LogP contribution in [0.2, 0.25) is 0 Å². The van der Waals surface area contributed by atoms with Crippen molar-refractivity contribution in [3.8, 4) is 11.5 Å². The lowest BCUT2D eigenvalue weighted by atomic mass is 10.3. The van der Waals surface area contributed by atoms with E-state index in [1.54, 1.807) is 12.1 Å². The molecule has 0 radical (unpaired) electrons. The Balaban J connectivity index is 2.51. The first-order chi connectivity index (χ1) is 5.25. The van der Waals surface area contributed by atoms with Crippen molar-refractivity contribution in [2.45, 2.75) is 4.90 Å². The Hall–Kier alpha value is -1.09. The summed E-state index contributed by atoms with van der Waals surface area (Å²) < 4.78 is 10.2. The molecule has 1 aromatic carbocycles. The molecule has 11 heavy (non-hydrogen) atoms. The molecule has 0 unspecified atom stereocenters. The lowest BCUT2D eigenvalue weighted by Crippen LogP contribution is -1.88. The molecule has 3 heteroatoms. The zero-order valence-electron chi connectivity index (χ0n) is 5.70. The van der Waals surface area contributed by atoms with Crippen LogP contribution in [0.1, 0.15) is 0 Å². The molecular weight excluding hydrogens is 160 g/mol. The van der Waals surface area contributed by atoms with E-state index in [4.69, 9.17) is 9.47 Å². The molecule has 1 aliphatic heterocycles. The Bertz CT molecular complexity index is 320. The molecule has 1 heterocycles. The van der Waals surface area contributed by atoms with Gasteiger partial charge in [-0.15, -0.1) is 12.6 Å². The molecule has 0 N–H and O–H groups in total. The molecule has 2 rings (SSSR count). The van der Waals surface area contributed by atoms with E-state index in [1.165, 1.54) is 0 Å². The van der Waals surface area contributed by atoms with E-state index in [9.17, 15) is 0 Å². The molecular formula is C8H6O2S. The van der Waals surface area contributed by atoms with Gasteiger partial charge in [-0.3, -0.25) is 0 Å². The SMILES string of the molecule is C=C1Oc2ccc(S)cc2O1. The maximum Gasteiger partial charge on any atom is 0.282 e. The second-order valence-corrected chi connectivity index (χ2v) is 2.72. The Labute approximate surface area is 69.8 Å². The van der Waals surface area contributed by atoms with Crippen LogP contribution in [0.4, 0.5) is 0 Å². The first kappa shape index (κ1) is 6.61. The van der Waals surface area contributed by atoms with Crippen molar-refractivity contribution in [2.24, 2.45) is 0 Å². The van der Waals surface area contributed by atoms with Gasteiger partial charge in [0, 0.05) is 4.90 Å². The van der Waals surface area contributed by atoms with E-state index >= 15 is 0 Å². The fraction of sp³-hybridized carbons (Fsp3) is 0. The molecule has 2 nitrogen and oxygen atoms in total. The van der Waals surface area contributed by atoms with Crippen LogP contribution in [0.3, 0.4) is 0 Å². The Morgan fingerprint density at radius 2 is 1.91 bits per heavy atom. The molecule has 0 saturated carbocycles. The molecule has 0 spiro atoms. The summed E-state index contributed by atoms with van der Waals surface area (Å²) in [5, 5.41) is 0. The molecule has 0 bridgehead atoms. The Morgan fingerprint density at radius 1 is 1.18 bits per heavy atom. The molecule has 0 saturated heterocycles. The van der Waals surface area contributed by atoms with Crippen molar-refractivity contribution >= 4 is 12.6 Å². The third-order valence-corrected chi connectivity index (χ3v) is 1.65. The summed E-state index contributed by atoms with van der Waals surface area (Å²) >= 11 is 4.15. The van der Waals surface area contributed by atoms with Crippen LogP contribution in [-0.2, 0) is 0 Å². The number of hydrogen-bond acceptors (Lipinski definition) is 3. The molecule has 0 aliphatic carbocycles. The van der Waals surface area contributed by atoms with Crippen molar-refractivity contribution in [1.29, 1.82) is 0 Å². The van der Waals surface area contributed by atoms with E-state index in [2.05, 4.69) is 19.2 Å². The zero-order chi connectivity index (χ0) is 7.84. The van der Waals surface area contributed by atoms with Crippen molar-refractivity contribution in [3.63, 3.8) is 0 Å². The lowest BCUT2D eigenvalue weighted by Gasteiger charge is -1.93. The summed E-state index contributed by atoms with van der Waals surface area (Å²) in [6.45, 7) is 3.53. The first-order valence-electron chi connectivity index (χ1n) is 3.13. The third kappa shape index (κ3) is 1.07. The quantitative estimate of drug-likeness (QED) is 0.596. The third-order valence-electron chi connectivity index (χ3n) is 1.37. The van der Waals surface area contributed by atoms with E-state index in [-0.39, 0.29) is 0 Å². The predicted molar refractivity (Wildman–Crippen MR) is 44.1 cm³/mol. The van der Waals surface area contributed by atoms with E-state index in [0.717, 1.165) is 4.90 Å². The van der Waals surface area contributed by atoms with Gasteiger partial charge in [0.15, 0.2) is 11.5 Å². The van der Waals surface area contributed by atoms with Crippen molar-refractivity contribution in [1.82, 2.24) is 0 Å². The van der Waals surface area contributed by atoms with Gasteiger partial charge in [0.2, 0.25) is 0 Å². The zero-order valence-corrected chi connectivity index (χ0v) is 6.60. The fourth-order valence-corrected chi connectivity index (χ4v) is 1.12. The van der Waals surface area contributed by atoms with Crippen molar-refractivity contribution in [2.75, 3.05) is 0 Å². The first-order valence-corrected chi connectivity index (χ1v) is 3.58. The fourth-order valence-electron chi connectivity index (χ4n) is 0.927. The number of rotatable bonds is 0. The van der Waals surface area contributed by atoms with Gasteiger partial charge >= 0.3 is 0 Å². The summed E-state index contributed by atoms with van der Waals surface area (Å²) in [4.78, 5) is 0.849. The minimum Gasteiger partial charge on any atom is -0.422 e. The number of ether oxygens (including phenoxy) is 2. The molecule has 0 fully saturated rings. The van der Waals surface area contributed by atoms with Gasteiger partial charge in [0.25, 0.3) is 5.95 Å². The smallest absolute Gasteiger partial charge is 0.282 e. The summed E-state index contributed by atoms with van der Waals surface area (Å²) in [5.41, 5.74) is 0. The monoisotopic (exact) mass is 166 g/mol. The molecule has 1 aromatic rings. The van der Waals surface area contributed by atoms with Crippen molar-refractivity contribution < 1.29 is 9.47 Å². The Kier molecular flexibility index (Phi) is 1.32. The van der Waals surface area contributed by atoms with Crippen molar-refractivity contribution in [3.05, 3.63) is 30.7 Å². The second-order valence-electron chi connectivity index (χ2n) is 2.21. The van der Waals surface area contributed by atoms with E-state index < -0.39 is 0 Å². The highest BCUT2D eigenvalue weighted by Gasteiger charge is 2.16. The standard InChI is InChI=1S/C8H6O2S/c1-5-9-7-3-2-6(11)4-8(7)10-5/h2-4,11H,1H2. The van der Waals surface area contributed by atoms with Gasteiger partial charge in [-0.1, -0.05) is 0 Å². The van der Waals surface area contributed by atoms with Crippen LogP contribution >= 0.6 is 12.6 Å². The highest BCUT2D eigenvalue weighted by atomic mass is 32.1. The van der Waals surface area contributed by atoms with Crippen LogP contribution < -0.4 is 9.47 Å². The molecule has 0 amide bonds. The van der Waals surface area contributed by atoms with Gasteiger partial charge < -0.3 is 9.47 Å². The largest absolute Gasteiger partial charge is 0.422 e. The average Bonchev–Trinajstić information content (AvgIpc) is 2.27. The molecule has 0 aromatic heterocycles. The highest BCUT2D eigenvalue weighted by molar-refractivity contribution is 7.80. The van der Waals surface area contributed by atoms with Gasteiger partial charge in [-0.25, -0.2) is 0 Å². The van der Waals surface area contributed by atoms with Gasteiger partial charge in [0.1, 0.15) is 0 Å². The maximum atomic E-state index is 5.12. The van der Waals surface area contributed by atoms with E-state index in [1.807, 2.05) is 6.07 Å². The molecule has 56 valence electrons. The predicted octanol–water partition coefficient (Wildman–Crippen LogP) is 2.22. The molecule has 1 aliphatic rings. The van der Waals surface area contributed by atoms with Crippen LogP contribution in [0.5, 0.6) is 11.5 Å². The second kappa shape index (κ2) is 2.20. The highest BCUT2D eigenvalue weighted by Crippen LogP contribution is 2.36. The van der Waals surface area contributed by atoms with Gasteiger partial charge in [0.05, 0.1) is 0 Å².